The molecule has 0 aliphatic rings. The first kappa shape index (κ1) is 13.8. The molecule has 0 saturated heterocycles. The van der Waals surface area contributed by atoms with Crippen molar-refractivity contribution in [2.45, 2.75) is 6.42 Å². The Morgan fingerprint density at radius 3 is 3.00 bits per heavy atom. The van der Waals surface area contributed by atoms with Crippen LogP contribution in [0.15, 0.2) is 23.6 Å². The van der Waals surface area contributed by atoms with E-state index in [1.54, 1.807) is 11.4 Å². The van der Waals surface area contributed by atoms with Crippen molar-refractivity contribution in [3.8, 4) is 5.75 Å². The number of rotatable bonds is 4. The normalized spacial score (nSPS) is 10.4. The number of amides is 1. The maximum absolute atomic E-state index is 11.9. The molecule has 4 N–H and O–H groups in total. The number of hydrogen-bond acceptors (Lipinski definition) is 5. The topological polar surface area (TPSA) is 88.2 Å². The number of nitrogens with two attached hydrogens (primary N) is 1. The van der Waals surface area contributed by atoms with Crippen LogP contribution in [0.25, 0.3) is 0 Å². The molecule has 0 atom stereocenters. The number of aromatic nitrogens is 1. The van der Waals surface area contributed by atoms with Gasteiger partial charge in [-0.3, -0.25) is 4.79 Å². The minimum atomic E-state index is -0.318. The minimum absolute atomic E-state index is 0.0291. The number of carbonyl (C=O) groups excluding carboxylic acids is 1. The summed E-state index contributed by atoms with van der Waals surface area (Å²) in [4.78, 5) is 16.1. The highest BCUT2D eigenvalue weighted by atomic mass is 35.5. The van der Waals surface area contributed by atoms with E-state index < -0.39 is 0 Å². The number of carbonyl (C=O) groups is 1. The van der Waals surface area contributed by atoms with E-state index in [0.717, 1.165) is 5.01 Å². The second-order valence-corrected chi connectivity index (χ2v) is 5.14. The van der Waals surface area contributed by atoms with Crippen molar-refractivity contribution >= 4 is 34.5 Å². The number of nitrogens with zero attached hydrogens (tertiary/aromatic N) is 1. The summed E-state index contributed by atoms with van der Waals surface area (Å²) in [6.45, 7) is 0.502. The first-order chi connectivity index (χ1) is 9.10. The van der Waals surface area contributed by atoms with E-state index in [-0.39, 0.29) is 16.7 Å². The van der Waals surface area contributed by atoms with Gasteiger partial charge in [-0.25, -0.2) is 4.98 Å². The molecule has 0 fully saturated rings. The van der Waals surface area contributed by atoms with Crippen molar-refractivity contribution in [2.24, 2.45) is 5.73 Å². The predicted molar refractivity (Wildman–Crippen MR) is 75.9 cm³/mol. The van der Waals surface area contributed by atoms with E-state index >= 15 is 0 Å². The van der Waals surface area contributed by atoms with Gasteiger partial charge in [-0.15, -0.1) is 11.3 Å². The molecule has 0 aliphatic heterocycles. The predicted octanol–water partition coefficient (Wildman–Crippen LogP) is 2.26. The molecule has 7 heteroatoms. The SMILES string of the molecule is NCCc1nc(C(=O)Nc2ccc(O)c(Cl)c2)cs1. The van der Waals surface area contributed by atoms with Crippen molar-refractivity contribution in [3.05, 3.63) is 39.3 Å². The molecule has 2 rings (SSSR count). The van der Waals surface area contributed by atoms with Crippen LogP contribution in [-0.4, -0.2) is 22.5 Å². The van der Waals surface area contributed by atoms with Crippen LogP contribution < -0.4 is 11.1 Å². The fraction of sp³-hybridized carbons (Fsp3) is 0.167. The Kier molecular flexibility index (Phi) is 4.36. The Labute approximate surface area is 119 Å². The Balaban J connectivity index is 2.09. The molecule has 0 aliphatic carbocycles. The first-order valence-electron chi connectivity index (χ1n) is 5.54. The number of benzene rings is 1. The minimum Gasteiger partial charge on any atom is -0.506 e. The second-order valence-electron chi connectivity index (χ2n) is 3.79. The summed E-state index contributed by atoms with van der Waals surface area (Å²) >= 11 is 7.16. The van der Waals surface area contributed by atoms with Crippen LogP contribution in [-0.2, 0) is 6.42 Å². The molecular formula is C12H12ClN3O2S. The van der Waals surface area contributed by atoms with Crippen LogP contribution in [0.5, 0.6) is 5.75 Å². The monoisotopic (exact) mass is 297 g/mol. The fourth-order valence-electron chi connectivity index (χ4n) is 1.43. The molecule has 100 valence electrons. The smallest absolute Gasteiger partial charge is 0.275 e. The lowest BCUT2D eigenvalue weighted by atomic mass is 10.3. The number of hydrogen-bond donors (Lipinski definition) is 3. The third kappa shape index (κ3) is 3.44. The quantitative estimate of drug-likeness (QED) is 0.755. The van der Waals surface area contributed by atoms with E-state index in [0.29, 0.717) is 24.3 Å². The molecule has 1 aromatic carbocycles. The number of phenols is 1. The summed E-state index contributed by atoms with van der Waals surface area (Å²) in [7, 11) is 0. The fourth-order valence-corrected chi connectivity index (χ4v) is 2.41. The number of anilines is 1. The van der Waals surface area contributed by atoms with Crippen molar-refractivity contribution < 1.29 is 9.90 Å². The summed E-state index contributed by atoms with van der Waals surface area (Å²) < 4.78 is 0. The van der Waals surface area contributed by atoms with Gasteiger partial charge in [0.25, 0.3) is 5.91 Å². The average Bonchev–Trinajstić information content (AvgIpc) is 2.83. The highest BCUT2D eigenvalue weighted by molar-refractivity contribution is 7.09. The molecule has 1 heterocycles. The van der Waals surface area contributed by atoms with E-state index in [1.165, 1.54) is 23.5 Å². The number of nitrogens with one attached hydrogen (secondary N) is 1. The van der Waals surface area contributed by atoms with Gasteiger partial charge < -0.3 is 16.2 Å². The molecule has 0 radical (unpaired) electrons. The second kappa shape index (κ2) is 6.01. The van der Waals surface area contributed by atoms with Gasteiger partial charge in [0, 0.05) is 17.5 Å². The van der Waals surface area contributed by atoms with Crippen LogP contribution >= 0.6 is 22.9 Å². The molecule has 1 amide bonds. The summed E-state index contributed by atoms with van der Waals surface area (Å²) in [5.41, 5.74) is 6.27. The number of thiazole rings is 1. The molecular weight excluding hydrogens is 286 g/mol. The van der Waals surface area contributed by atoms with Gasteiger partial charge in [0.2, 0.25) is 0 Å². The van der Waals surface area contributed by atoms with E-state index in [2.05, 4.69) is 10.3 Å². The zero-order valence-electron chi connectivity index (χ0n) is 9.89. The zero-order valence-corrected chi connectivity index (χ0v) is 11.5. The zero-order chi connectivity index (χ0) is 13.8. The van der Waals surface area contributed by atoms with Gasteiger partial charge in [0.15, 0.2) is 0 Å². The molecule has 0 spiro atoms. The van der Waals surface area contributed by atoms with Gasteiger partial charge in [-0.2, -0.15) is 0 Å². The Bertz CT molecular complexity index is 600. The van der Waals surface area contributed by atoms with Crippen LogP contribution in [0, 0.1) is 0 Å². The van der Waals surface area contributed by atoms with Gasteiger partial charge >= 0.3 is 0 Å². The molecule has 0 saturated carbocycles. The van der Waals surface area contributed by atoms with Gasteiger partial charge in [0.05, 0.1) is 10.0 Å². The Hall–Kier alpha value is -1.63. The van der Waals surface area contributed by atoms with Crippen molar-refractivity contribution in [3.63, 3.8) is 0 Å². The molecule has 5 nitrogen and oxygen atoms in total. The third-order valence-corrected chi connectivity index (χ3v) is 3.56. The van der Waals surface area contributed by atoms with E-state index in [1.807, 2.05) is 0 Å². The first-order valence-corrected chi connectivity index (χ1v) is 6.80. The van der Waals surface area contributed by atoms with Crippen LogP contribution in [0.1, 0.15) is 15.5 Å². The van der Waals surface area contributed by atoms with Crippen LogP contribution in [0.3, 0.4) is 0 Å². The molecule has 0 bridgehead atoms. The summed E-state index contributed by atoms with van der Waals surface area (Å²) in [6, 6.07) is 4.45. The summed E-state index contributed by atoms with van der Waals surface area (Å²) in [6.07, 6.45) is 0.656. The molecule has 2 aromatic rings. The Morgan fingerprint density at radius 2 is 2.32 bits per heavy atom. The standard InChI is InChI=1S/C12H12ClN3O2S/c13-8-5-7(1-2-10(8)17)15-12(18)9-6-19-11(16-9)3-4-14/h1-2,5-6,17H,3-4,14H2,(H,15,18). The van der Waals surface area contributed by atoms with Crippen molar-refractivity contribution in [2.75, 3.05) is 11.9 Å². The largest absolute Gasteiger partial charge is 0.506 e. The van der Waals surface area contributed by atoms with Crippen molar-refractivity contribution in [1.29, 1.82) is 0 Å². The lowest BCUT2D eigenvalue weighted by Gasteiger charge is -2.04. The van der Waals surface area contributed by atoms with E-state index in [9.17, 15) is 9.90 Å². The number of phenolic OH excluding ortho intramolecular Hbond substituents is 1. The van der Waals surface area contributed by atoms with Gasteiger partial charge in [-0.05, 0) is 24.7 Å². The van der Waals surface area contributed by atoms with Gasteiger partial charge in [0.1, 0.15) is 11.4 Å². The maximum Gasteiger partial charge on any atom is 0.275 e. The lowest BCUT2D eigenvalue weighted by Crippen LogP contribution is -2.12. The average molecular weight is 298 g/mol. The maximum atomic E-state index is 11.9. The summed E-state index contributed by atoms with van der Waals surface area (Å²) in [5.74, 6) is -0.347. The van der Waals surface area contributed by atoms with E-state index in [4.69, 9.17) is 17.3 Å². The van der Waals surface area contributed by atoms with Crippen LogP contribution in [0.2, 0.25) is 5.02 Å². The molecule has 1 aromatic heterocycles. The summed E-state index contributed by atoms with van der Waals surface area (Å²) in [5, 5.41) is 14.6. The number of halogens is 1. The molecule has 0 unspecified atom stereocenters. The molecule has 19 heavy (non-hydrogen) atoms. The third-order valence-electron chi connectivity index (χ3n) is 2.35. The highest BCUT2D eigenvalue weighted by Crippen LogP contribution is 2.26. The Morgan fingerprint density at radius 1 is 1.53 bits per heavy atom. The van der Waals surface area contributed by atoms with Crippen LogP contribution in [0.4, 0.5) is 5.69 Å². The highest BCUT2D eigenvalue weighted by Gasteiger charge is 2.11. The number of aromatic hydroxyl groups is 1. The lowest BCUT2D eigenvalue weighted by molar-refractivity contribution is 0.102. The van der Waals surface area contributed by atoms with Crippen molar-refractivity contribution in [1.82, 2.24) is 4.98 Å². The van der Waals surface area contributed by atoms with Gasteiger partial charge in [-0.1, -0.05) is 11.6 Å².